The number of hydrogen-bond donors (Lipinski definition) is 0. The minimum absolute atomic E-state index is 0.000755. The molecule has 0 spiro atoms. The van der Waals surface area contributed by atoms with Crippen LogP contribution in [0.1, 0.15) is 36.6 Å². The van der Waals surface area contributed by atoms with Crippen LogP contribution in [-0.4, -0.2) is 35.8 Å². The number of fused-ring (bicyclic) bond motifs is 1. The van der Waals surface area contributed by atoms with Crippen LogP contribution in [0.25, 0.3) is 6.08 Å². The summed E-state index contributed by atoms with van der Waals surface area (Å²) in [5.41, 5.74) is 1.97. The lowest BCUT2D eigenvalue weighted by atomic mass is 9.97. The van der Waals surface area contributed by atoms with E-state index in [4.69, 9.17) is 18.9 Å². The van der Waals surface area contributed by atoms with Gasteiger partial charge in [0.2, 0.25) is 0 Å². The van der Waals surface area contributed by atoms with Gasteiger partial charge in [0.25, 0.3) is 11.2 Å². The maximum atomic E-state index is 13.9. The molecule has 232 valence electrons. The van der Waals surface area contributed by atoms with Gasteiger partial charge in [-0.05, 0) is 83.5 Å². The Balaban J connectivity index is 1.49. The minimum Gasteiger partial charge on any atom is -0.490 e. The smallest absolute Gasteiger partial charge is 0.337 e. The fourth-order valence-corrected chi connectivity index (χ4v) is 6.45. The van der Waals surface area contributed by atoms with Crippen molar-refractivity contribution in [3.8, 4) is 17.2 Å². The predicted octanol–water partition coefficient (Wildman–Crippen LogP) is 4.91. The SMILES string of the molecule is CCOc1ccc([C@H]2C(C(=O)OC)=CN=c3s/c(=C\c4ccc(OCc5cccc([N+](=O)[O-])c5)c(I)c4)c(=O)n32)cc1OCC. The molecule has 4 aromatic rings. The topological polar surface area (TPSA) is 131 Å². The van der Waals surface area contributed by atoms with Crippen molar-refractivity contribution in [2.24, 2.45) is 4.99 Å². The maximum Gasteiger partial charge on any atom is 0.337 e. The summed E-state index contributed by atoms with van der Waals surface area (Å²) in [5.74, 6) is 1.07. The molecular weight excluding hydrogens is 713 g/mol. The minimum atomic E-state index is -0.796. The van der Waals surface area contributed by atoms with Crippen molar-refractivity contribution in [1.29, 1.82) is 0 Å². The molecule has 0 unspecified atom stereocenters. The van der Waals surface area contributed by atoms with Gasteiger partial charge in [0.05, 0.1) is 45.0 Å². The van der Waals surface area contributed by atoms with E-state index < -0.39 is 16.9 Å². The van der Waals surface area contributed by atoms with E-state index in [0.717, 1.165) is 9.13 Å². The largest absolute Gasteiger partial charge is 0.490 e. The zero-order chi connectivity index (χ0) is 32.1. The zero-order valence-electron chi connectivity index (χ0n) is 24.5. The monoisotopic (exact) mass is 741 g/mol. The first-order valence-corrected chi connectivity index (χ1v) is 15.8. The van der Waals surface area contributed by atoms with Crippen LogP contribution in [0.4, 0.5) is 5.69 Å². The number of nitrogens with zero attached hydrogens (tertiary/aromatic N) is 3. The fraction of sp³-hybridized carbons (Fsp3) is 0.219. The molecule has 0 radical (unpaired) electrons. The van der Waals surface area contributed by atoms with Gasteiger partial charge in [-0.25, -0.2) is 9.79 Å². The quantitative estimate of drug-likeness (QED) is 0.0918. The Hall–Kier alpha value is -4.50. The number of non-ortho nitro benzene ring substituents is 1. The Morgan fingerprint density at radius 2 is 1.80 bits per heavy atom. The van der Waals surface area contributed by atoms with Gasteiger partial charge in [0, 0.05) is 18.3 Å². The van der Waals surface area contributed by atoms with E-state index in [-0.39, 0.29) is 23.4 Å². The summed E-state index contributed by atoms with van der Waals surface area (Å²) < 4.78 is 25.2. The molecule has 1 aromatic heterocycles. The summed E-state index contributed by atoms with van der Waals surface area (Å²) in [7, 11) is 1.29. The lowest BCUT2D eigenvalue weighted by Gasteiger charge is -2.23. The number of carbonyl (C=O) groups is 1. The number of benzene rings is 3. The molecule has 2 heterocycles. The normalized spacial score (nSPS) is 14.2. The van der Waals surface area contributed by atoms with E-state index in [1.807, 2.05) is 26.0 Å². The molecule has 45 heavy (non-hydrogen) atoms. The molecule has 0 bridgehead atoms. The number of halogens is 1. The summed E-state index contributed by atoms with van der Waals surface area (Å²) in [6.45, 7) is 4.76. The molecule has 0 aliphatic carbocycles. The second kappa shape index (κ2) is 14.1. The van der Waals surface area contributed by atoms with Gasteiger partial charge >= 0.3 is 5.97 Å². The van der Waals surface area contributed by atoms with Crippen molar-refractivity contribution in [2.75, 3.05) is 20.3 Å². The number of esters is 1. The number of rotatable bonds is 11. The van der Waals surface area contributed by atoms with Crippen LogP contribution in [0, 0.1) is 13.7 Å². The Morgan fingerprint density at radius 1 is 1.04 bits per heavy atom. The van der Waals surface area contributed by atoms with E-state index >= 15 is 0 Å². The van der Waals surface area contributed by atoms with Gasteiger partial charge in [-0.15, -0.1) is 0 Å². The lowest BCUT2D eigenvalue weighted by molar-refractivity contribution is -0.384. The Kier molecular flexibility index (Phi) is 9.98. The van der Waals surface area contributed by atoms with Gasteiger partial charge in [0.1, 0.15) is 12.4 Å². The molecule has 11 nitrogen and oxygen atoms in total. The van der Waals surface area contributed by atoms with E-state index in [9.17, 15) is 19.7 Å². The van der Waals surface area contributed by atoms with E-state index in [1.54, 1.807) is 42.5 Å². The molecule has 0 N–H and O–H groups in total. The number of thiazole rings is 1. The van der Waals surface area contributed by atoms with Gasteiger partial charge in [-0.3, -0.25) is 19.5 Å². The Morgan fingerprint density at radius 3 is 2.51 bits per heavy atom. The van der Waals surface area contributed by atoms with Crippen LogP contribution >= 0.6 is 33.9 Å². The molecule has 0 saturated carbocycles. The Labute approximate surface area is 275 Å². The molecule has 1 aliphatic rings. The number of ether oxygens (including phenoxy) is 4. The first-order valence-electron chi connectivity index (χ1n) is 13.9. The van der Waals surface area contributed by atoms with Crippen molar-refractivity contribution in [2.45, 2.75) is 26.5 Å². The Bertz CT molecular complexity index is 1980. The predicted molar refractivity (Wildman–Crippen MR) is 177 cm³/mol. The molecule has 0 saturated heterocycles. The average Bonchev–Trinajstić information content (AvgIpc) is 3.35. The van der Waals surface area contributed by atoms with Crippen LogP contribution in [0.15, 0.2) is 82.2 Å². The van der Waals surface area contributed by atoms with Crippen molar-refractivity contribution in [3.05, 3.63) is 122 Å². The highest BCUT2D eigenvalue weighted by Crippen LogP contribution is 2.35. The lowest BCUT2D eigenvalue weighted by Crippen LogP contribution is -2.39. The number of nitro benzene ring substituents is 1. The third-order valence-electron chi connectivity index (χ3n) is 6.78. The van der Waals surface area contributed by atoms with Crippen LogP contribution in [-0.2, 0) is 16.1 Å². The van der Waals surface area contributed by atoms with Crippen molar-refractivity contribution in [3.63, 3.8) is 0 Å². The summed E-state index contributed by atoms with van der Waals surface area (Å²) in [6.07, 6.45) is 3.21. The first kappa shape index (κ1) is 31.9. The van der Waals surface area contributed by atoms with Crippen molar-refractivity contribution in [1.82, 2.24) is 4.57 Å². The van der Waals surface area contributed by atoms with E-state index in [2.05, 4.69) is 27.6 Å². The van der Waals surface area contributed by atoms with Crippen molar-refractivity contribution < 1.29 is 28.7 Å². The number of hydrogen-bond acceptors (Lipinski definition) is 10. The summed E-state index contributed by atoms with van der Waals surface area (Å²) >= 11 is 3.35. The van der Waals surface area contributed by atoms with Crippen molar-refractivity contribution >= 4 is 51.7 Å². The summed E-state index contributed by atoms with van der Waals surface area (Å²) in [4.78, 5) is 42.2. The summed E-state index contributed by atoms with van der Waals surface area (Å²) in [5, 5.41) is 11.1. The summed E-state index contributed by atoms with van der Waals surface area (Å²) in [6, 6.07) is 16.3. The third kappa shape index (κ3) is 6.93. The second-order valence-electron chi connectivity index (χ2n) is 9.65. The number of nitro groups is 1. The molecule has 5 rings (SSSR count). The molecule has 1 aliphatic heterocycles. The standard InChI is InChI=1S/C32H28IN3O8S/c1-4-42-26-12-10-21(16-27(26)43-5-2)29-23(31(38)41-3)17-34-32-35(29)30(37)28(45-32)15-19-9-11-25(24(33)14-19)44-18-20-7-6-8-22(13-20)36(39)40/h6-17,29H,4-5,18H2,1-3H3/b28-15-/t29-/m0/s1. The molecule has 1 atom stereocenters. The zero-order valence-corrected chi connectivity index (χ0v) is 27.5. The van der Waals surface area contributed by atoms with Gasteiger partial charge in [-0.2, -0.15) is 0 Å². The molecule has 13 heteroatoms. The first-order chi connectivity index (χ1) is 21.7. The third-order valence-corrected chi connectivity index (χ3v) is 8.62. The number of methoxy groups -OCH3 is 1. The van der Waals surface area contributed by atoms with Gasteiger partial charge in [-0.1, -0.05) is 35.6 Å². The highest BCUT2D eigenvalue weighted by atomic mass is 127. The molecular formula is C32H28IN3O8S. The molecule has 0 amide bonds. The number of carbonyl (C=O) groups excluding carboxylic acids is 1. The highest BCUT2D eigenvalue weighted by molar-refractivity contribution is 14.1. The van der Waals surface area contributed by atoms with Crippen LogP contribution in [0.5, 0.6) is 17.2 Å². The van der Waals surface area contributed by atoms with Gasteiger partial charge < -0.3 is 18.9 Å². The van der Waals surface area contributed by atoms with E-state index in [1.165, 1.54) is 41.3 Å². The molecule has 0 fully saturated rings. The van der Waals surface area contributed by atoms with Crippen LogP contribution < -0.4 is 29.1 Å². The average molecular weight is 742 g/mol. The number of aromatic nitrogens is 1. The second-order valence-corrected chi connectivity index (χ2v) is 11.8. The van der Waals surface area contributed by atoms with Gasteiger partial charge in [0.15, 0.2) is 16.3 Å². The van der Waals surface area contributed by atoms with Crippen LogP contribution in [0.3, 0.4) is 0 Å². The maximum absolute atomic E-state index is 13.9. The highest BCUT2D eigenvalue weighted by Gasteiger charge is 2.31. The fourth-order valence-electron chi connectivity index (χ4n) is 4.78. The van der Waals surface area contributed by atoms with Crippen LogP contribution in [0.2, 0.25) is 0 Å². The van der Waals surface area contributed by atoms with E-state index in [0.29, 0.717) is 50.9 Å². The molecule has 3 aromatic carbocycles.